The van der Waals surface area contributed by atoms with Gasteiger partial charge in [-0.25, -0.2) is 9.97 Å². The summed E-state index contributed by atoms with van der Waals surface area (Å²) in [6, 6.07) is 7.27. The number of fused-ring (bicyclic) bond motifs is 1. The Morgan fingerprint density at radius 3 is 3.10 bits per heavy atom. The molecular formula is C14H14N4O2. The Morgan fingerprint density at radius 1 is 1.30 bits per heavy atom. The van der Waals surface area contributed by atoms with E-state index >= 15 is 0 Å². The van der Waals surface area contributed by atoms with E-state index in [9.17, 15) is 4.79 Å². The lowest BCUT2D eigenvalue weighted by Crippen LogP contribution is -2.30. The summed E-state index contributed by atoms with van der Waals surface area (Å²) in [5.41, 5.74) is 6.96. The summed E-state index contributed by atoms with van der Waals surface area (Å²) in [6.45, 7) is 0.649. The van der Waals surface area contributed by atoms with Crippen LogP contribution in [0.5, 0.6) is 5.75 Å². The summed E-state index contributed by atoms with van der Waals surface area (Å²) in [4.78, 5) is 20.0. The number of hydrogen-bond donors (Lipinski definition) is 2. The zero-order valence-electron chi connectivity index (χ0n) is 10.8. The highest BCUT2D eigenvalue weighted by Crippen LogP contribution is 2.28. The van der Waals surface area contributed by atoms with E-state index in [1.807, 2.05) is 12.1 Å². The van der Waals surface area contributed by atoms with Crippen molar-refractivity contribution in [3.63, 3.8) is 0 Å². The molecule has 1 aromatic heterocycles. The highest BCUT2D eigenvalue weighted by Gasteiger charge is 2.18. The minimum atomic E-state index is -0.248. The van der Waals surface area contributed by atoms with Gasteiger partial charge in [-0.15, -0.1) is 0 Å². The van der Waals surface area contributed by atoms with Crippen molar-refractivity contribution in [1.82, 2.24) is 15.4 Å². The van der Waals surface area contributed by atoms with Gasteiger partial charge in [0, 0.05) is 12.3 Å². The second kappa shape index (κ2) is 5.56. The maximum Gasteiger partial charge on any atom is 0.273 e. The van der Waals surface area contributed by atoms with E-state index in [-0.39, 0.29) is 5.91 Å². The summed E-state index contributed by atoms with van der Waals surface area (Å²) in [7, 11) is 0. The van der Waals surface area contributed by atoms with E-state index in [2.05, 4.69) is 20.8 Å². The van der Waals surface area contributed by atoms with Crippen molar-refractivity contribution in [2.24, 2.45) is 0 Å². The van der Waals surface area contributed by atoms with Gasteiger partial charge in [0.2, 0.25) is 0 Å². The first-order valence-corrected chi connectivity index (χ1v) is 6.41. The van der Waals surface area contributed by atoms with Crippen LogP contribution < -0.4 is 15.6 Å². The second-order valence-corrected chi connectivity index (χ2v) is 4.42. The Labute approximate surface area is 116 Å². The first-order chi connectivity index (χ1) is 9.84. The number of anilines is 1. The third-order valence-corrected chi connectivity index (χ3v) is 3.06. The average molecular weight is 270 g/mol. The van der Waals surface area contributed by atoms with Crippen LogP contribution in [0.1, 0.15) is 22.3 Å². The second-order valence-electron chi connectivity index (χ2n) is 4.42. The fourth-order valence-electron chi connectivity index (χ4n) is 2.12. The summed E-state index contributed by atoms with van der Waals surface area (Å²) < 4.78 is 5.61. The summed E-state index contributed by atoms with van der Waals surface area (Å²) in [5.74, 6) is 0.960. The van der Waals surface area contributed by atoms with E-state index in [0.29, 0.717) is 23.7 Å². The topological polar surface area (TPSA) is 76.1 Å². The molecule has 0 saturated heterocycles. The highest BCUT2D eigenvalue weighted by molar-refractivity contribution is 5.98. The molecule has 20 heavy (non-hydrogen) atoms. The van der Waals surface area contributed by atoms with Crippen LogP contribution in [0.3, 0.4) is 0 Å². The molecule has 0 aliphatic carbocycles. The number of amides is 1. The molecule has 2 heterocycles. The molecule has 102 valence electrons. The number of hydrazine groups is 1. The maximum absolute atomic E-state index is 12.2. The molecule has 1 aliphatic rings. The summed E-state index contributed by atoms with van der Waals surface area (Å²) in [5, 5.41) is 0. The minimum Gasteiger partial charge on any atom is -0.492 e. The minimum absolute atomic E-state index is 0.248. The molecule has 0 spiro atoms. The standard InChI is InChI=1S/C14H14N4O2/c19-14(18-17-12-6-7-15-9-16-12)11-5-1-3-10-4-2-8-20-13(10)11/h1,3,5-7,9H,2,4,8H2,(H,18,19)(H,15,16,17). The molecular weight excluding hydrogens is 256 g/mol. The third kappa shape index (κ3) is 2.54. The highest BCUT2D eigenvalue weighted by atomic mass is 16.5. The first kappa shape index (κ1) is 12.4. The molecule has 1 amide bonds. The molecule has 0 saturated carbocycles. The molecule has 1 aromatic carbocycles. The van der Waals surface area contributed by atoms with Crippen LogP contribution >= 0.6 is 0 Å². The number of carbonyl (C=O) groups is 1. The zero-order valence-corrected chi connectivity index (χ0v) is 10.8. The van der Waals surface area contributed by atoms with Gasteiger partial charge >= 0.3 is 0 Å². The lowest BCUT2D eigenvalue weighted by atomic mass is 10.0. The quantitative estimate of drug-likeness (QED) is 0.828. The lowest BCUT2D eigenvalue weighted by molar-refractivity contribution is 0.0957. The van der Waals surface area contributed by atoms with Crippen LogP contribution in [0.15, 0.2) is 36.8 Å². The Hall–Kier alpha value is -2.63. The van der Waals surface area contributed by atoms with Crippen molar-refractivity contribution in [3.05, 3.63) is 47.9 Å². The van der Waals surface area contributed by atoms with Gasteiger partial charge in [0.15, 0.2) is 0 Å². The number of benzene rings is 1. The van der Waals surface area contributed by atoms with Crippen LogP contribution in [0.2, 0.25) is 0 Å². The number of nitrogens with one attached hydrogen (secondary N) is 2. The molecule has 2 aromatic rings. The van der Waals surface area contributed by atoms with E-state index in [4.69, 9.17) is 4.74 Å². The molecule has 1 aliphatic heterocycles. The van der Waals surface area contributed by atoms with E-state index in [0.717, 1.165) is 18.4 Å². The van der Waals surface area contributed by atoms with Crippen LogP contribution in [0, 0.1) is 0 Å². The maximum atomic E-state index is 12.2. The molecule has 2 N–H and O–H groups in total. The Morgan fingerprint density at radius 2 is 2.25 bits per heavy atom. The van der Waals surface area contributed by atoms with Gasteiger partial charge in [0.05, 0.1) is 12.2 Å². The van der Waals surface area contributed by atoms with Crippen molar-refractivity contribution < 1.29 is 9.53 Å². The monoisotopic (exact) mass is 270 g/mol. The van der Waals surface area contributed by atoms with Gasteiger partial charge in [0.1, 0.15) is 17.9 Å². The van der Waals surface area contributed by atoms with E-state index in [1.54, 1.807) is 18.3 Å². The Kier molecular flexibility index (Phi) is 3.45. The molecule has 0 bridgehead atoms. The predicted octanol–water partition coefficient (Wildman–Crippen LogP) is 1.56. The Bertz CT molecular complexity index is 616. The SMILES string of the molecule is O=C(NNc1ccncn1)c1cccc2c1OCCC2. The predicted molar refractivity (Wildman–Crippen MR) is 73.4 cm³/mol. The first-order valence-electron chi connectivity index (χ1n) is 6.41. The van der Waals surface area contributed by atoms with Crippen LogP contribution in [-0.2, 0) is 6.42 Å². The van der Waals surface area contributed by atoms with Gasteiger partial charge in [0.25, 0.3) is 5.91 Å². The number of nitrogens with zero attached hydrogens (tertiary/aromatic N) is 2. The lowest BCUT2D eigenvalue weighted by Gasteiger charge is -2.20. The van der Waals surface area contributed by atoms with Gasteiger partial charge in [-0.1, -0.05) is 12.1 Å². The zero-order chi connectivity index (χ0) is 13.8. The van der Waals surface area contributed by atoms with Crippen LogP contribution in [0.25, 0.3) is 0 Å². The normalized spacial score (nSPS) is 13.0. The largest absolute Gasteiger partial charge is 0.492 e. The molecule has 0 fully saturated rings. The molecule has 0 atom stereocenters. The number of aryl methyl sites for hydroxylation is 1. The van der Waals surface area contributed by atoms with Crippen LogP contribution in [-0.4, -0.2) is 22.5 Å². The molecule has 0 unspecified atom stereocenters. The fourth-order valence-corrected chi connectivity index (χ4v) is 2.12. The number of hydrogen-bond acceptors (Lipinski definition) is 5. The summed E-state index contributed by atoms with van der Waals surface area (Å²) >= 11 is 0. The number of para-hydroxylation sites is 1. The van der Waals surface area contributed by atoms with Crippen molar-refractivity contribution >= 4 is 11.7 Å². The van der Waals surface area contributed by atoms with Gasteiger partial charge < -0.3 is 4.74 Å². The molecule has 6 nitrogen and oxygen atoms in total. The number of rotatable bonds is 3. The number of carbonyl (C=O) groups excluding carboxylic acids is 1. The van der Waals surface area contributed by atoms with Crippen LogP contribution in [0.4, 0.5) is 5.82 Å². The number of ether oxygens (including phenoxy) is 1. The molecule has 3 rings (SSSR count). The van der Waals surface area contributed by atoms with Crippen molar-refractivity contribution in [1.29, 1.82) is 0 Å². The van der Waals surface area contributed by atoms with E-state index in [1.165, 1.54) is 6.33 Å². The van der Waals surface area contributed by atoms with Gasteiger partial charge in [-0.05, 0) is 24.5 Å². The van der Waals surface area contributed by atoms with Crippen molar-refractivity contribution in [2.45, 2.75) is 12.8 Å². The molecule has 6 heteroatoms. The van der Waals surface area contributed by atoms with Crippen molar-refractivity contribution in [2.75, 3.05) is 12.0 Å². The van der Waals surface area contributed by atoms with Crippen molar-refractivity contribution in [3.8, 4) is 5.75 Å². The molecule has 0 radical (unpaired) electrons. The third-order valence-electron chi connectivity index (χ3n) is 3.06. The number of aromatic nitrogens is 2. The Balaban J connectivity index is 1.74. The van der Waals surface area contributed by atoms with Gasteiger partial charge in [-0.3, -0.25) is 15.6 Å². The summed E-state index contributed by atoms with van der Waals surface area (Å²) in [6.07, 6.45) is 4.92. The fraction of sp³-hybridized carbons (Fsp3) is 0.214. The van der Waals surface area contributed by atoms with Gasteiger partial charge in [-0.2, -0.15) is 0 Å². The smallest absolute Gasteiger partial charge is 0.273 e. The average Bonchev–Trinajstić information content (AvgIpc) is 2.53. The van der Waals surface area contributed by atoms with E-state index < -0.39 is 0 Å².